The van der Waals surface area contributed by atoms with E-state index in [2.05, 4.69) is 41.4 Å². The number of rotatable bonds is 8. The molecule has 0 bridgehead atoms. The molecule has 0 aliphatic heterocycles. The first-order valence-corrected chi connectivity index (χ1v) is 6.94. The molecule has 0 unspecified atom stereocenters. The third-order valence-electron chi connectivity index (χ3n) is 3.42. The summed E-state index contributed by atoms with van der Waals surface area (Å²) in [5.41, 5.74) is 1.29. The zero-order valence-corrected chi connectivity index (χ0v) is 11.5. The van der Waals surface area contributed by atoms with Gasteiger partial charge < -0.3 is 10.1 Å². The zero-order chi connectivity index (χ0) is 12.8. The SMILES string of the molecule is CCN(CCOc1ccc(CNC)cc1)C1CC1. The normalized spacial score (nSPS) is 15.1. The quantitative estimate of drug-likeness (QED) is 0.764. The van der Waals surface area contributed by atoms with Gasteiger partial charge in [0.2, 0.25) is 0 Å². The summed E-state index contributed by atoms with van der Waals surface area (Å²) in [6, 6.07) is 9.17. The number of ether oxygens (including phenoxy) is 1. The topological polar surface area (TPSA) is 24.5 Å². The largest absolute Gasteiger partial charge is 0.492 e. The van der Waals surface area contributed by atoms with Gasteiger partial charge in [0.25, 0.3) is 0 Å². The number of nitrogens with zero attached hydrogens (tertiary/aromatic N) is 1. The fourth-order valence-electron chi connectivity index (χ4n) is 2.23. The number of hydrogen-bond donors (Lipinski definition) is 1. The molecule has 0 aromatic heterocycles. The fourth-order valence-corrected chi connectivity index (χ4v) is 2.23. The first-order valence-electron chi connectivity index (χ1n) is 6.94. The summed E-state index contributed by atoms with van der Waals surface area (Å²) in [7, 11) is 1.96. The third-order valence-corrected chi connectivity index (χ3v) is 3.42. The van der Waals surface area contributed by atoms with E-state index in [4.69, 9.17) is 4.74 Å². The van der Waals surface area contributed by atoms with E-state index in [9.17, 15) is 0 Å². The molecule has 2 rings (SSSR count). The van der Waals surface area contributed by atoms with Gasteiger partial charge in [-0.1, -0.05) is 19.1 Å². The highest BCUT2D eigenvalue weighted by Crippen LogP contribution is 2.26. The molecule has 0 amide bonds. The second kappa shape index (κ2) is 6.76. The van der Waals surface area contributed by atoms with Crippen LogP contribution in [0.25, 0.3) is 0 Å². The Labute approximate surface area is 110 Å². The van der Waals surface area contributed by atoms with Gasteiger partial charge in [-0.05, 0) is 44.1 Å². The van der Waals surface area contributed by atoms with Gasteiger partial charge in [0.05, 0.1) is 0 Å². The summed E-state index contributed by atoms with van der Waals surface area (Å²) in [5.74, 6) is 0.974. The van der Waals surface area contributed by atoms with Gasteiger partial charge in [-0.3, -0.25) is 4.90 Å². The molecular formula is C15H24N2O. The lowest BCUT2D eigenvalue weighted by Gasteiger charge is -2.19. The zero-order valence-electron chi connectivity index (χ0n) is 11.5. The molecule has 0 atom stereocenters. The minimum Gasteiger partial charge on any atom is -0.492 e. The lowest BCUT2D eigenvalue weighted by molar-refractivity contribution is 0.209. The van der Waals surface area contributed by atoms with Gasteiger partial charge >= 0.3 is 0 Å². The maximum absolute atomic E-state index is 5.79. The van der Waals surface area contributed by atoms with E-state index < -0.39 is 0 Å². The molecule has 0 radical (unpaired) electrons. The third kappa shape index (κ3) is 4.00. The van der Waals surface area contributed by atoms with Gasteiger partial charge in [0, 0.05) is 19.1 Å². The molecule has 3 heteroatoms. The monoisotopic (exact) mass is 248 g/mol. The molecule has 0 spiro atoms. The van der Waals surface area contributed by atoms with Gasteiger partial charge in [0.15, 0.2) is 0 Å². The highest BCUT2D eigenvalue weighted by Gasteiger charge is 2.27. The van der Waals surface area contributed by atoms with Crippen LogP contribution in [0.5, 0.6) is 5.75 Å². The predicted molar refractivity (Wildman–Crippen MR) is 75.0 cm³/mol. The minimum atomic E-state index is 0.787. The van der Waals surface area contributed by atoms with E-state index >= 15 is 0 Å². The molecule has 3 nitrogen and oxygen atoms in total. The number of benzene rings is 1. The van der Waals surface area contributed by atoms with E-state index in [-0.39, 0.29) is 0 Å². The van der Waals surface area contributed by atoms with Crippen LogP contribution < -0.4 is 10.1 Å². The molecule has 1 aliphatic rings. The number of nitrogens with one attached hydrogen (secondary N) is 1. The first-order chi connectivity index (χ1) is 8.83. The Balaban J connectivity index is 1.72. The molecule has 1 fully saturated rings. The molecule has 1 N–H and O–H groups in total. The van der Waals surface area contributed by atoms with Crippen molar-refractivity contribution in [3.05, 3.63) is 29.8 Å². The van der Waals surface area contributed by atoms with Crippen molar-refractivity contribution in [1.29, 1.82) is 0 Å². The standard InChI is InChI=1S/C15H24N2O/c1-3-17(14-6-7-14)10-11-18-15-8-4-13(5-9-15)12-16-2/h4-5,8-9,14,16H,3,6-7,10-12H2,1-2H3. The molecule has 1 aromatic rings. The molecule has 100 valence electrons. The second-order valence-corrected chi connectivity index (χ2v) is 4.88. The van der Waals surface area contributed by atoms with Crippen molar-refractivity contribution in [3.8, 4) is 5.75 Å². The minimum absolute atomic E-state index is 0.787. The Bertz CT molecular complexity index is 346. The van der Waals surface area contributed by atoms with Crippen molar-refractivity contribution in [2.24, 2.45) is 0 Å². The van der Waals surface area contributed by atoms with E-state index in [0.717, 1.165) is 38.0 Å². The van der Waals surface area contributed by atoms with Gasteiger partial charge in [-0.15, -0.1) is 0 Å². The highest BCUT2D eigenvalue weighted by molar-refractivity contribution is 5.27. The van der Waals surface area contributed by atoms with Crippen LogP contribution in [0.4, 0.5) is 0 Å². The summed E-state index contributed by atoms with van der Waals surface area (Å²) < 4.78 is 5.79. The average molecular weight is 248 g/mol. The molecule has 1 aromatic carbocycles. The van der Waals surface area contributed by atoms with Crippen LogP contribution in [-0.2, 0) is 6.54 Å². The molecular weight excluding hydrogens is 224 g/mol. The Morgan fingerprint density at radius 2 is 2.00 bits per heavy atom. The summed E-state index contributed by atoms with van der Waals surface area (Å²) in [5, 5.41) is 3.14. The van der Waals surface area contributed by atoms with Crippen LogP contribution in [0, 0.1) is 0 Å². The van der Waals surface area contributed by atoms with Crippen LogP contribution in [0.3, 0.4) is 0 Å². The first kappa shape index (κ1) is 13.4. The molecule has 0 saturated heterocycles. The van der Waals surface area contributed by atoms with Gasteiger partial charge in [0.1, 0.15) is 12.4 Å². The van der Waals surface area contributed by atoms with Gasteiger partial charge in [-0.25, -0.2) is 0 Å². The van der Waals surface area contributed by atoms with Crippen LogP contribution in [0.1, 0.15) is 25.3 Å². The summed E-state index contributed by atoms with van der Waals surface area (Å²) >= 11 is 0. The highest BCUT2D eigenvalue weighted by atomic mass is 16.5. The molecule has 1 saturated carbocycles. The average Bonchev–Trinajstić information content (AvgIpc) is 3.21. The lowest BCUT2D eigenvalue weighted by atomic mass is 10.2. The second-order valence-electron chi connectivity index (χ2n) is 4.88. The summed E-state index contributed by atoms with van der Waals surface area (Å²) in [6.45, 7) is 6.10. The van der Waals surface area contributed by atoms with Crippen molar-refractivity contribution < 1.29 is 4.74 Å². The van der Waals surface area contributed by atoms with Crippen molar-refractivity contribution in [3.63, 3.8) is 0 Å². The van der Waals surface area contributed by atoms with Crippen LogP contribution >= 0.6 is 0 Å². The fraction of sp³-hybridized carbons (Fsp3) is 0.600. The smallest absolute Gasteiger partial charge is 0.119 e. The Morgan fingerprint density at radius 3 is 2.56 bits per heavy atom. The van der Waals surface area contributed by atoms with Crippen molar-refractivity contribution in [2.75, 3.05) is 26.7 Å². The molecule has 0 heterocycles. The molecule has 18 heavy (non-hydrogen) atoms. The number of likely N-dealkylation sites (N-methyl/N-ethyl adjacent to an activating group) is 1. The van der Waals surface area contributed by atoms with Crippen molar-refractivity contribution in [2.45, 2.75) is 32.4 Å². The Morgan fingerprint density at radius 1 is 1.28 bits per heavy atom. The van der Waals surface area contributed by atoms with E-state index in [1.165, 1.54) is 18.4 Å². The van der Waals surface area contributed by atoms with E-state index in [1.807, 2.05) is 7.05 Å². The summed E-state index contributed by atoms with van der Waals surface area (Å²) in [6.07, 6.45) is 2.74. The maximum atomic E-state index is 5.79. The van der Waals surface area contributed by atoms with Crippen molar-refractivity contribution in [1.82, 2.24) is 10.2 Å². The van der Waals surface area contributed by atoms with E-state index in [1.54, 1.807) is 0 Å². The summed E-state index contributed by atoms with van der Waals surface area (Å²) in [4.78, 5) is 2.51. The Kier molecular flexibility index (Phi) is 5.02. The molecule has 1 aliphatic carbocycles. The van der Waals surface area contributed by atoms with Crippen molar-refractivity contribution >= 4 is 0 Å². The maximum Gasteiger partial charge on any atom is 0.119 e. The van der Waals surface area contributed by atoms with Crippen LogP contribution in [-0.4, -0.2) is 37.7 Å². The predicted octanol–water partition coefficient (Wildman–Crippen LogP) is 2.27. The lowest BCUT2D eigenvalue weighted by Crippen LogP contribution is -2.30. The van der Waals surface area contributed by atoms with Crippen LogP contribution in [0.2, 0.25) is 0 Å². The van der Waals surface area contributed by atoms with E-state index in [0.29, 0.717) is 0 Å². The van der Waals surface area contributed by atoms with Gasteiger partial charge in [-0.2, -0.15) is 0 Å². The number of hydrogen-bond acceptors (Lipinski definition) is 3. The van der Waals surface area contributed by atoms with Crippen LogP contribution in [0.15, 0.2) is 24.3 Å². The Hall–Kier alpha value is -1.06.